The molecule has 1 heterocycles. The van der Waals surface area contributed by atoms with Crippen molar-refractivity contribution in [2.24, 2.45) is 0 Å². The van der Waals surface area contributed by atoms with Crippen LogP contribution in [0.15, 0.2) is 48.5 Å². The van der Waals surface area contributed by atoms with Crippen molar-refractivity contribution in [3.05, 3.63) is 70.6 Å². The van der Waals surface area contributed by atoms with Crippen LogP contribution < -0.4 is 0 Å². The number of benzene rings is 2. The van der Waals surface area contributed by atoms with E-state index in [-0.39, 0.29) is 12.2 Å². The van der Waals surface area contributed by atoms with E-state index in [1.165, 1.54) is 18.2 Å². The van der Waals surface area contributed by atoms with Crippen LogP contribution in [-0.4, -0.2) is 38.5 Å². The largest absolute Gasteiger partial charge is 0.481 e. The second kappa shape index (κ2) is 9.36. The number of hydrogen-bond acceptors (Lipinski definition) is 4. The van der Waals surface area contributed by atoms with Crippen molar-refractivity contribution in [2.75, 3.05) is 0 Å². The van der Waals surface area contributed by atoms with Gasteiger partial charge in [0, 0.05) is 33.9 Å². The predicted molar refractivity (Wildman–Crippen MR) is 122 cm³/mol. The summed E-state index contributed by atoms with van der Waals surface area (Å²) in [5.41, 5.74) is 4.12. The Morgan fingerprint density at radius 1 is 1.19 bits per heavy atom. The molecule has 1 aliphatic carbocycles. The van der Waals surface area contributed by atoms with Gasteiger partial charge in [-0.05, 0) is 48.7 Å². The Bertz CT molecular complexity index is 1170. The fraction of sp³-hybridized carbons (Fsp3) is 0.280. The van der Waals surface area contributed by atoms with Gasteiger partial charge in [0.05, 0.1) is 29.8 Å². The molecule has 2 aromatic carbocycles. The molecule has 0 radical (unpaired) electrons. The highest BCUT2D eigenvalue weighted by molar-refractivity contribution is 6.31. The molecule has 1 aromatic heterocycles. The zero-order valence-electron chi connectivity index (χ0n) is 17.2. The van der Waals surface area contributed by atoms with Gasteiger partial charge < -0.3 is 15.3 Å². The summed E-state index contributed by atoms with van der Waals surface area (Å²) in [6.45, 7) is 0. The highest BCUT2D eigenvalue weighted by atomic mass is 35.5. The van der Waals surface area contributed by atoms with E-state index < -0.39 is 24.6 Å². The number of carboxylic acid groups (broad SMARTS) is 1. The second-order valence-electron chi connectivity index (χ2n) is 8.14. The average Bonchev–Trinajstić information content (AvgIpc) is 3.56. The van der Waals surface area contributed by atoms with E-state index in [1.54, 1.807) is 24.3 Å². The average molecular weight is 456 g/mol. The van der Waals surface area contributed by atoms with Crippen LogP contribution in [0.1, 0.15) is 42.9 Å². The van der Waals surface area contributed by atoms with Gasteiger partial charge in [-0.1, -0.05) is 35.9 Å². The van der Waals surface area contributed by atoms with Crippen LogP contribution in [0.5, 0.6) is 0 Å². The standard InChI is InChI=1S/C25H23ClFNO4/c26-16-5-10-22-21(11-16)24(14-3-6-17(27)7-4-14)20(25(28-22)15-1-2-15)9-8-18(29)12-19(30)13-23(31)32/h3-11,15,18-19,29-30H,1-2,12-13H2,(H,31,32)/b9-8+. The lowest BCUT2D eigenvalue weighted by Gasteiger charge is -2.17. The van der Waals surface area contributed by atoms with E-state index in [1.807, 2.05) is 12.1 Å². The van der Waals surface area contributed by atoms with Gasteiger partial charge in [-0.2, -0.15) is 0 Å². The van der Waals surface area contributed by atoms with E-state index in [9.17, 15) is 19.4 Å². The van der Waals surface area contributed by atoms with Gasteiger partial charge in [0.1, 0.15) is 5.82 Å². The van der Waals surface area contributed by atoms with Crippen molar-refractivity contribution in [2.45, 2.75) is 43.8 Å². The van der Waals surface area contributed by atoms with Crippen LogP contribution in [0, 0.1) is 5.82 Å². The maximum absolute atomic E-state index is 13.6. The van der Waals surface area contributed by atoms with E-state index >= 15 is 0 Å². The minimum absolute atomic E-state index is 0.0969. The smallest absolute Gasteiger partial charge is 0.305 e. The Balaban J connectivity index is 1.82. The second-order valence-corrected chi connectivity index (χ2v) is 8.58. The Kier molecular flexibility index (Phi) is 6.55. The van der Waals surface area contributed by atoms with Crippen LogP contribution >= 0.6 is 11.6 Å². The normalized spacial score (nSPS) is 15.9. The fourth-order valence-corrected chi connectivity index (χ4v) is 4.06. The number of aliphatic hydroxyl groups excluding tert-OH is 2. The van der Waals surface area contributed by atoms with E-state index in [2.05, 4.69) is 0 Å². The van der Waals surface area contributed by atoms with Gasteiger partial charge in [0.15, 0.2) is 0 Å². The molecule has 5 nitrogen and oxygen atoms in total. The Hall–Kier alpha value is -2.80. The summed E-state index contributed by atoms with van der Waals surface area (Å²) in [6, 6.07) is 11.7. The first-order valence-corrected chi connectivity index (χ1v) is 10.8. The zero-order valence-corrected chi connectivity index (χ0v) is 18.0. The van der Waals surface area contributed by atoms with Gasteiger partial charge in [-0.25, -0.2) is 4.39 Å². The molecule has 0 aliphatic heterocycles. The molecule has 0 saturated heterocycles. The predicted octanol–water partition coefficient (Wildman–Crippen LogP) is 5.17. The lowest BCUT2D eigenvalue weighted by atomic mass is 9.92. The van der Waals surface area contributed by atoms with Gasteiger partial charge in [-0.15, -0.1) is 0 Å². The van der Waals surface area contributed by atoms with Crippen LogP contribution in [0.25, 0.3) is 28.1 Å². The maximum Gasteiger partial charge on any atom is 0.305 e. The van der Waals surface area contributed by atoms with Crippen LogP contribution in [0.3, 0.4) is 0 Å². The highest BCUT2D eigenvalue weighted by Gasteiger charge is 2.29. The number of aromatic nitrogens is 1. The van der Waals surface area contributed by atoms with Crippen molar-refractivity contribution in [1.29, 1.82) is 0 Å². The third-order valence-corrected chi connectivity index (χ3v) is 5.76. The van der Waals surface area contributed by atoms with Gasteiger partial charge >= 0.3 is 5.97 Å². The van der Waals surface area contributed by atoms with Gasteiger partial charge in [-0.3, -0.25) is 9.78 Å². The third-order valence-electron chi connectivity index (χ3n) is 5.52. The number of carbonyl (C=O) groups is 1. The number of fused-ring (bicyclic) bond motifs is 1. The third kappa shape index (κ3) is 5.15. The first-order valence-electron chi connectivity index (χ1n) is 10.5. The molecule has 1 fully saturated rings. The summed E-state index contributed by atoms with van der Waals surface area (Å²) in [5, 5.41) is 30.4. The Labute approximate surface area is 189 Å². The highest BCUT2D eigenvalue weighted by Crippen LogP contribution is 2.45. The number of hydrogen-bond donors (Lipinski definition) is 3. The molecule has 2 atom stereocenters. The summed E-state index contributed by atoms with van der Waals surface area (Å²) in [7, 11) is 0. The van der Waals surface area contributed by atoms with E-state index in [0.717, 1.165) is 46.1 Å². The molecule has 0 bridgehead atoms. The number of carboxylic acids is 1. The van der Waals surface area contributed by atoms with Crippen molar-refractivity contribution >= 4 is 34.5 Å². The van der Waals surface area contributed by atoms with E-state index in [4.69, 9.17) is 21.7 Å². The summed E-state index contributed by atoms with van der Waals surface area (Å²) in [5.74, 6) is -1.17. The molecule has 1 saturated carbocycles. The van der Waals surface area contributed by atoms with Crippen molar-refractivity contribution in [3.8, 4) is 11.1 Å². The molecule has 0 amide bonds. The lowest BCUT2D eigenvalue weighted by Crippen LogP contribution is -2.19. The molecule has 7 heteroatoms. The number of rotatable bonds is 8. The SMILES string of the molecule is O=C(O)CC(O)CC(O)/C=C/c1c(C2CC2)nc2ccc(Cl)cc2c1-c1ccc(F)cc1. The molecule has 32 heavy (non-hydrogen) atoms. The minimum Gasteiger partial charge on any atom is -0.481 e. The molecule has 0 spiro atoms. The molecule has 3 N–H and O–H groups in total. The number of nitrogens with zero attached hydrogens (tertiary/aromatic N) is 1. The van der Waals surface area contributed by atoms with Crippen LogP contribution in [-0.2, 0) is 4.79 Å². The first kappa shape index (κ1) is 22.4. The molecule has 2 unspecified atom stereocenters. The number of aliphatic carboxylic acids is 1. The van der Waals surface area contributed by atoms with E-state index in [0.29, 0.717) is 10.9 Å². The summed E-state index contributed by atoms with van der Waals surface area (Å²) >= 11 is 6.28. The zero-order chi connectivity index (χ0) is 22.8. The monoisotopic (exact) mass is 455 g/mol. The summed E-state index contributed by atoms with van der Waals surface area (Å²) in [4.78, 5) is 15.6. The number of halogens is 2. The quantitative estimate of drug-likeness (QED) is 0.436. The molecule has 166 valence electrons. The molecular weight excluding hydrogens is 433 g/mol. The molecular formula is C25H23ClFNO4. The first-order chi connectivity index (χ1) is 15.3. The fourth-order valence-electron chi connectivity index (χ4n) is 3.88. The Morgan fingerprint density at radius 3 is 2.56 bits per heavy atom. The number of pyridine rings is 1. The van der Waals surface area contributed by atoms with Crippen molar-refractivity contribution < 1.29 is 24.5 Å². The molecule has 3 aromatic rings. The molecule has 1 aliphatic rings. The van der Waals surface area contributed by atoms with Crippen molar-refractivity contribution in [1.82, 2.24) is 4.98 Å². The Morgan fingerprint density at radius 2 is 1.91 bits per heavy atom. The summed E-state index contributed by atoms with van der Waals surface area (Å²) < 4.78 is 13.6. The minimum atomic E-state index is -1.15. The van der Waals surface area contributed by atoms with Crippen LogP contribution in [0.4, 0.5) is 4.39 Å². The van der Waals surface area contributed by atoms with Gasteiger partial charge in [0.25, 0.3) is 0 Å². The summed E-state index contributed by atoms with van der Waals surface area (Å²) in [6.07, 6.45) is 2.60. The maximum atomic E-state index is 13.6. The lowest BCUT2D eigenvalue weighted by molar-refractivity contribution is -0.139. The number of aliphatic hydroxyl groups is 2. The topological polar surface area (TPSA) is 90.7 Å². The van der Waals surface area contributed by atoms with Gasteiger partial charge in [0.2, 0.25) is 0 Å². The molecule has 4 rings (SSSR count). The van der Waals surface area contributed by atoms with Crippen LogP contribution in [0.2, 0.25) is 5.02 Å². The van der Waals surface area contributed by atoms with Crippen molar-refractivity contribution in [3.63, 3.8) is 0 Å².